The van der Waals surface area contributed by atoms with E-state index in [4.69, 9.17) is 10.5 Å². The van der Waals surface area contributed by atoms with Crippen LogP contribution >= 0.6 is 15.9 Å². The summed E-state index contributed by atoms with van der Waals surface area (Å²) < 4.78 is 5.72. The summed E-state index contributed by atoms with van der Waals surface area (Å²) in [5.41, 5.74) is 6.45. The molecular weight excluding hydrogens is 246 g/mol. The van der Waals surface area contributed by atoms with Crippen molar-refractivity contribution in [3.8, 4) is 0 Å². The van der Waals surface area contributed by atoms with Crippen LogP contribution in [-0.4, -0.2) is 12.6 Å². The Labute approximate surface area is 91.4 Å². The predicted molar refractivity (Wildman–Crippen MR) is 57.7 cm³/mol. The Balaban J connectivity index is 2.78. The molecule has 0 spiro atoms. The number of esters is 1. The Hall–Kier alpha value is -0.870. The normalized spacial score (nSPS) is 12.2. The van der Waals surface area contributed by atoms with Gasteiger partial charge in [0, 0.05) is 4.47 Å². The van der Waals surface area contributed by atoms with E-state index >= 15 is 0 Å². The van der Waals surface area contributed by atoms with Crippen LogP contribution in [0.25, 0.3) is 0 Å². The van der Waals surface area contributed by atoms with Gasteiger partial charge in [0.2, 0.25) is 0 Å². The Bertz CT molecular complexity index is 328. The van der Waals surface area contributed by atoms with Crippen LogP contribution in [0.1, 0.15) is 18.5 Å². The van der Waals surface area contributed by atoms with Gasteiger partial charge in [-0.2, -0.15) is 0 Å². The fourth-order valence-corrected chi connectivity index (χ4v) is 1.49. The molecule has 3 nitrogen and oxygen atoms in total. The number of carbonyl (C=O) groups is 1. The molecule has 0 aliphatic heterocycles. The van der Waals surface area contributed by atoms with Gasteiger partial charge < -0.3 is 10.5 Å². The van der Waals surface area contributed by atoms with Gasteiger partial charge in [-0.1, -0.05) is 28.1 Å². The first-order valence-corrected chi connectivity index (χ1v) is 5.12. The highest BCUT2D eigenvalue weighted by Crippen LogP contribution is 2.17. The zero-order chi connectivity index (χ0) is 10.6. The minimum atomic E-state index is -0.701. The molecule has 0 saturated carbocycles. The summed E-state index contributed by atoms with van der Waals surface area (Å²) in [6.45, 7) is 2.10. The number of hydrogen-bond acceptors (Lipinski definition) is 3. The molecule has 0 aromatic heterocycles. The van der Waals surface area contributed by atoms with Crippen LogP contribution in [0.5, 0.6) is 0 Å². The van der Waals surface area contributed by atoms with E-state index in [1.54, 1.807) is 13.0 Å². The van der Waals surface area contributed by atoms with Crippen molar-refractivity contribution in [2.45, 2.75) is 13.0 Å². The maximum absolute atomic E-state index is 11.3. The summed E-state index contributed by atoms with van der Waals surface area (Å²) in [6, 6.07) is 6.61. The molecule has 0 amide bonds. The molecule has 0 heterocycles. The van der Waals surface area contributed by atoms with E-state index in [1.165, 1.54) is 0 Å². The highest BCUT2D eigenvalue weighted by molar-refractivity contribution is 9.10. The zero-order valence-electron chi connectivity index (χ0n) is 7.87. The van der Waals surface area contributed by atoms with E-state index in [0.29, 0.717) is 6.61 Å². The average Bonchev–Trinajstić information content (AvgIpc) is 2.17. The molecule has 76 valence electrons. The first kappa shape index (κ1) is 11.2. The number of ether oxygens (including phenoxy) is 1. The van der Waals surface area contributed by atoms with Crippen LogP contribution in [0.2, 0.25) is 0 Å². The largest absolute Gasteiger partial charge is 0.465 e. The van der Waals surface area contributed by atoms with Crippen molar-refractivity contribution >= 4 is 21.9 Å². The summed E-state index contributed by atoms with van der Waals surface area (Å²) in [6.07, 6.45) is 0. The average molecular weight is 258 g/mol. The Morgan fingerprint density at radius 2 is 2.36 bits per heavy atom. The van der Waals surface area contributed by atoms with E-state index in [0.717, 1.165) is 10.0 Å². The molecule has 1 aromatic carbocycles. The van der Waals surface area contributed by atoms with Crippen molar-refractivity contribution in [3.05, 3.63) is 34.3 Å². The fraction of sp³-hybridized carbons (Fsp3) is 0.300. The summed E-state index contributed by atoms with van der Waals surface area (Å²) in [4.78, 5) is 11.3. The third-order valence-electron chi connectivity index (χ3n) is 1.75. The van der Waals surface area contributed by atoms with Crippen LogP contribution in [0.15, 0.2) is 28.7 Å². The zero-order valence-corrected chi connectivity index (χ0v) is 9.45. The second kappa shape index (κ2) is 5.12. The lowest BCUT2D eigenvalue weighted by molar-refractivity contribution is -0.144. The number of nitrogens with two attached hydrogens (primary N) is 1. The van der Waals surface area contributed by atoms with Gasteiger partial charge in [0.15, 0.2) is 0 Å². The first-order valence-electron chi connectivity index (χ1n) is 4.33. The van der Waals surface area contributed by atoms with Crippen molar-refractivity contribution < 1.29 is 9.53 Å². The summed E-state index contributed by atoms with van der Waals surface area (Å²) in [5, 5.41) is 0. The van der Waals surface area contributed by atoms with Crippen LogP contribution in [0.4, 0.5) is 0 Å². The molecular formula is C10H12BrNO2. The quantitative estimate of drug-likeness (QED) is 0.844. The number of benzene rings is 1. The van der Waals surface area contributed by atoms with Gasteiger partial charge in [-0.3, -0.25) is 0 Å². The van der Waals surface area contributed by atoms with Crippen LogP contribution in [-0.2, 0) is 9.53 Å². The molecule has 0 bridgehead atoms. The lowest BCUT2D eigenvalue weighted by atomic mass is 10.1. The smallest absolute Gasteiger partial charge is 0.327 e. The van der Waals surface area contributed by atoms with Crippen molar-refractivity contribution in [3.63, 3.8) is 0 Å². The second-order valence-electron chi connectivity index (χ2n) is 2.78. The summed E-state index contributed by atoms with van der Waals surface area (Å²) in [5.74, 6) is -0.398. The molecule has 0 aliphatic rings. The highest BCUT2D eigenvalue weighted by Gasteiger charge is 2.16. The van der Waals surface area contributed by atoms with Gasteiger partial charge in [0.25, 0.3) is 0 Å². The second-order valence-corrected chi connectivity index (χ2v) is 3.70. The molecule has 4 heteroatoms. The SMILES string of the molecule is CCOC(=O)C(N)c1cccc(Br)c1. The van der Waals surface area contributed by atoms with Crippen molar-refractivity contribution in [2.75, 3.05) is 6.61 Å². The summed E-state index contributed by atoms with van der Waals surface area (Å²) >= 11 is 3.31. The van der Waals surface area contributed by atoms with E-state index in [9.17, 15) is 4.79 Å². The maximum atomic E-state index is 11.3. The number of carbonyl (C=O) groups excluding carboxylic acids is 1. The third-order valence-corrected chi connectivity index (χ3v) is 2.24. The topological polar surface area (TPSA) is 52.3 Å². The lowest BCUT2D eigenvalue weighted by Crippen LogP contribution is -2.23. The Kier molecular flexibility index (Phi) is 4.10. The van der Waals surface area contributed by atoms with Gasteiger partial charge in [0.05, 0.1) is 6.61 Å². The van der Waals surface area contributed by atoms with Crippen molar-refractivity contribution in [1.29, 1.82) is 0 Å². The Morgan fingerprint density at radius 3 is 2.93 bits per heavy atom. The van der Waals surface area contributed by atoms with Gasteiger partial charge in [-0.25, -0.2) is 4.79 Å². The van der Waals surface area contributed by atoms with Crippen LogP contribution in [0, 0.1) is 0 Å². The molecule has 1 atom stereocenters. The minimum Gasteiger partial charge on any atom is -0.465 e. The molecule has 0 saturated heterocycles. The van der Waals surface area contributed by atoms with Crippen LogP contribution < -0.4 is 5.73 Å². The van der Waals surface area contributed by atoms with Crippen LogP contribution in [0.3, 0.4) is 0 Å². The monoisotopic (exact) mass is 257 g/mol. The van der Waals surface area contributed by atoms with E-state index in [2.05, 4.69) is 15.9 Å². The first-order chi connectivity index (χ1) is 6.65. The standard InChI is InChI=1S/C10H12BrNO2/c1-2-14-10(13)9(12)7-4-3-5-8(11)6-7/h3-6,9H,2,12H2,1H3. The molecule has 2 N–H and O–H groups in total. The van der Waals surface area contributed by atoms with E-state index < -0.39 is 12.0 Å². The van der Waals surface area contributed by atoms with Crippen molar-refractivity contribution in [1.82, 2.24) is 0 Å². The van der Waals surface area contributed by atoms with Gasteiger partial charge in [-0.05, 0) is 24.6 Å². The lowest BCUT2D eigenvalue weighted by Gasteiger charge is -2.10. The number of hydrogen-bond donors (Lipinski definition) is 1. The molecule has 0 fully saturated rings. The molecule has 1 rings (SSSR count). The number of halogens is 1. The molecule has 1 aromatic rings. The predicted octanol–water partition coefficient (Wildman–Crippen LogP) is 2.01. The minimum absolute atomic E-state index is 0.348. The third kappa shape index (κ3) is 2.82. The maximum Gasteiger partial charge on any atom is 0.327 e. The fourth-order valence-electron chi connectivity index (χ4n) is 1.07. The van der Waals surface area contributed by atoms with Gasteiger partial charge in [0.1, 0.15) is 6.04 Å². The van der Waals surface area contributed by atoms with Gasteiger partial charge >= 0.3 is 5.97 Å². The molecule has 0 aliphatic carbocycles. The Morgan fingerprint density at radius 1 is 1.64 bits per heavy atom. The molecule has 0 radical (unpaired) electrons. The van der Waals surface area contributed by atoms with E-state index in [1.807, 2.05) is 18.2 Å². The molecule has 1 unspecified atom stereocenters. The van der Waals surface area contributed by atoms with Gasteiger partial charge in [-0.15, -0.1) is 0 Å². The summed E-state index contributed by atoms with van der Waals surface area (Å²) in [7, 11) is 0. The highest BCUT2D eigenvalue weighted by atomic mass is 79.9. The molecule has 14 heavy (non-hydrogen) atoms. The number of rotatable bonds is 3. The van der Waals surface area contributed by atoms with E-state index in [-0.39, 0.29) is 0 Å². The van der Waals surface area contributed by atoms with Crippen molar-refractivity contribution in [2.24, 2.45) is 5.73 Å².